The minimum atomic E-state index is 0.494. The fourth-order valence-electron chi connectivity index (χ4n) is 2.98. The fourth-order valence-corrected chi connectivity index (χ4v) is 3.63. The van der Waals surface area contributed by atoms with Gasteiger partial charge in [-0.15, -0.1) is 11.3 Å². The number of hydrogen-bond donors (Lipinski definition) is 1. The minimum absolute atomic E-state index is 0.494. The third-order valence-electron chi connectivity index (χ3n) is 3.94. The van der Waals surface area contributed by atoms with E-state index in [-0.39, 0.29) is 0 Å². The van der Waals surface area contributed by atoms with Gasteiger partial charge in [-0.1, -0.05) is 32.6 Å². The van der Waals surface area contributed by atoms with Gasteiger partial charge in [0.05, 0.1) is 16.7 Å². The average Bonchev–Trinajstić information content (AvgIpc) is 2.65. The molecule has 0 spiro atoms. The van der Waals surface area contributed by atoms with Crippen LogP contribution in [0.3, 0.4) is 0 Å². The summed E-state index contributed by atoms with van der Waals surface area (Å²) in [5.41, 5.74) is 1.29. The molecule has 1 N–H and O–H groups in total. The van der Waals surface area contributed by atoms with Crippen LogP contribution in [0.15, 0.2) is 5.38 Å². The van der Waals surface area contributed by atoms with E-state index in [2.05, 4.69) is 24.5 Å². The molecule has 3 heteroatoms. The Hall–Kier alpha value is -0.410. The van der Waals surface area contributed by atoms with Crippen LogP contribution in [-0.2, 0) is 0 Å². The normalized spacial score (nSPS) is 19.7. The summed E-state index contributed by atoms with van der Waals surface area (Å²) < 4.78 is 0. The lowest BCUT2D eigenvalue weighted by atomic mass is 9.90. The zero-order valence-corrected chi connectivity index (χ0v) is 12.6. The van der Waals surface area contributed by atoms with Gasteiger partial charge in [-0.2, -0.15) is 0 Å². The van der Waals surface area contributed by atoms with Crippen LogP contribution in [0.1, 0.15) is 68.6 Å². The molecule has 0 amide bonds. The van der Waals surface area contributed by atoms with Gasteiger partial charge in [-0.05, 0) is 38.6 Å². The standard InChI is InChI=1S/C15H26N2S/c1-3-10-16-15(14-11-18-12(2)17-14)13-8-6-4-5-7-9-13/h11,13,15-16H,3-10H2,1-2H3. The second kappa shape index (κ2) is 7.25. The van der Waals surface area contributed by atoms with Gasteiger partial charge in [0.1, 0.15) is 0 Å². The summed E-state index contributed by atoms with van der Waals surface area (Å²) in [6, 6.07) is 0.494. The van der Waals surface area contributed by atoms with E-state index in [1.807, 2.05) is 0 Å². The highest BCUT2D eigenvalue weighted by molar-refractivity contribution is 7.09. The molecule has 18 heavy (non-hydrogen) atoms. The molecule has 1 atom stereocenters. The van der Waals surface area contributed by atoms with E-state index < -0.39 is 0 Å². The highest BCUT2D eigenvalue weighted by atomic mass is 32.1. The quantitative estimate of drug-likeness (QED) is 0.796. The number of hydrogen-bond acceptors (Lipinski definition) is 3. The van der Waals surface area contributed by atoms with E-state index in [1.165, 1.54) is 55.6 Å². The summed E-state index contributed by atoms with van der Waals surface area (Å²) in [4.78, 5) is 4.73. The Balaban J connectivity index is 2.07. The largest absolute Gasteiger partial charge is 0.308 e. The fraction of sp³-hybridized carbons (Fsp3) is 0.800. The summed E-state index contributed by atoms with van der Waals surface area (Å²) in [7, 11) is 0. The van der Waals surface area contributed by atoms with Gasteiger partial charge in [0.2, 0.25) is 0 Å². The molecule has 1 heterocycles. The molecule has 1 aromatic heterocycles. The molecule has 1 aliphatic carbocycles. The van der Waals surface area contributed by atoms with Gasteiger partial charge >= 0.3 is 0 Å². The van der Waals surface area contributed by atoms with E-state index in [0.717, 1.165) is 12.5 Å². The van der Waals surface area contributed by atoms with E-state index in [9.17, 15) is 0 Å². The Morgan fingerprint density at radius 1 is 1.33 bits per heavy atom. The van der Waals surface area contributed by atoms with Crippen LogP contribution in [0.25, 0.3) is 0 Å². The average molecular weight is 266 g/mol. The van der Waals surface area contributed by atoms with Crippen LogP contribution in [0.4, 0.5) is 0 Å². The lowest BCUT2D eigenvalue weighted by Crippen LogP contribution is -2.29. The van der Waals surface area contributed by atoms with Crippen molar-refractivity contribution in [2.24, 2.45) is 5.92 Å². The Labute approximate surface area is 115 Å². The molecule has 0 bridgehead atoms. The minimum Gasteiger partial charge on any atom is -0.308 e. The first kappa shape index (κ1) is 14.0. The first-order chi connectivity index (χ1) is 8.81. The molecular weight excluding hydrogens is 240 g/mol. The molecule has 1 fully saturated rings. The lowest BCUT2D eigenvalue weighted by molar-refractivity contribution is 0.321. The number of nitrogens with one attached hydrogen (secondary N) is 1. The summed E-state index contributed by atoms with van der Waals surface area (Å²) in [5, 5.41) is 7.19. The Kier molecular flexibility index (Phi) is 5.64. The van der Waals surface area contributed by atoms with Crippen molar-refractivity contribution < 1.29 is 0 Å². The molecule has 1 aliphatic rings. The predicted octanol–water partition coefficient (Wildman–Crippen LogP) is 4.46. The Bertz CT molecular complexity index is 340. The van der Waals surface area contributed by atoms with Crippen molar-refractivity contribution in [1.29, 1.82) is 0 Å². The van der Waals surface area contributed by atoms with Gasteiger partial charge in [-0.25, -0.2) is 4.98 Å². The number of thiazole rings is 1. The smallest absolute Gasteiger partial charge is 0.0898 e. The second-order valence-corrected chi connectivity index (χ2v) is 6.54. The van der Waals surface area contributed by atoms with Crippen LogP contribution in [0.5, 0.6) is 0 Å². The van der Waals surface area contributed by atoms with Gasteiger partial charge in [0.15, 0.2) is 0 Å². The number of rotatable bonds is 5. The van der Waals surface area contributed by atoms with Crippen LogP contribution < -0.4 is 5.32 Å². The van der Waals surface area contributed by atoms with Crippen LogP contribution >= 0.6 is 11.3 Å². The number of aryl methyl sites for hydroxylation is 1. The maximum atomic E-state index is 4.73. The van der Waals surface area contributed by atoms with E-state index in [4.69, 9.17) is 4.98 Å². The zero-order chi connectivity index (χ0) is 12.8. The lowest BCUT2D eigenvalue weighted by Gasteiger charge is -2.26. The van der Waals surface area contributed by atoms with Crippen molar-refractivity contribution in [3.63, 3.8) is 0 Å². The van der Waals surface area contributed by atoms with Crippen molar-refractivity contribution in [3.8, 4) is 0 Å². The van der Waals surface area contributed by atoms with Crippen LogP contribution in [-0.4, -0.2) is 11.5 Å². The van der Waals surface area contributed by atoms with Gasteiger partial charge < -0.3 is 5.32 Å². The third kappa shape index (κ3) is 3.79. The summed E-state index contributed by atoms with van der Waals surface area (Å²) in [5.74, 6) is 0.792. The topological polar surface area (TPSA) is 24.9 Å². The molecule has 0 radical (unpaired) electrons. The first-order valence-electron chi connectivity index (χ1n) is 7.46. The molecule has 1 aromatic rings. The zero-order valence-electron chi connectivity index (χ0n) is 11.7. The first-order valence-corrected chi connectivity index (χ1v) is 8.34. The molecule has 0 aromatic carbocycles. The highest BCUT2D eigenvalue weighted by Crippen LogP contribution is 2.33. The van der Waals surface area contributed by atoms with E-state index in [1.54, 1.807) is 11.3 Å². The van der Waals surface area contributed by atoms with E-state index in [0.29, 0.717) is 6.04 Å². The van der Waals surface area contributed by atoms with Gasteiger partial charge in [0, 0.05) is 5.38 Å². The third-order valence-corrected chi connectivity index (χ3v) is 4.73. The SMILES string of the molecule is CCCNC(c1csc(C)n1)C1CCCCCC1. The Morgan fingerprint density at radius 2 is 2.06 bits per heavy atom. The maximum Gasteiger partial charge on any atom is 0.0898 e. The molecular formula is C15H26N2S. The summed E-state index contributed by atoms with van der Waals surface area (Å²) in [6.07, 6.45) is 9.60. The molecule has 2 rings (SSSR count). The second-order valence-electron chi connectivity index (χ2n) is 5.47. The maximum absolute atomic E-state index is 4.73. The Morgan fingerprint density at radius 3 is 2.61 bits per heavy atom. The molecule has 2 nitrogen and oxygen atoms in total. The number of nitrogens with zero attached hydrogens (tertiary/aromatic N) is 1. The monoisotopic (exact) mass is 266 g/mol. The molecule has 1 saturated carbocycles. The van der Waals surface area contributed by atoms with Crippen LogP contribution in [0, 0.1) is 12.8 Å². The summed E-state index contributed by atoms with van der Waals surface area (Å²) in [6.45, 7) is 5.46. The van der Waals surface area contributed by atoms with Crippen molar-refractivity contribution in [2.45, 2.75) is 64.8 Å². The van der Waals surface area contributed by atoms with Gasteiger partial charge in [-0.3, -0.25) is 0 Å². The van der Waals surface area contributed by atoms with Gasteiger partial charge in [0.25, 0.3) is 0 Å². The highest BCUT2D eigenvalue weighted by Gasteiger charge is 2.25. The van der Waals surface area contributed by atoms with Crippen molar-refractivity contribution in [3.05, 3.63) is 16.1 Å². The van der Waals surface area contributed by atoms with Crippen molar-refractivity contribution in [1.82, 2.24) is 10.3 Å². The predicted molar refractivity (Wildman–Crippen MR) is 79.1 cm³/mol. The van der Waals surface area contributed by atoms with Crippen LogP contribution in [0.2, 0.25) is 0 Å². The van der Waals surface area contributed by atoms with Crippen molar-refractivity contribution >= 4 is 11.3 Å². The summed E-state index contributed by atoms with van der Waals surface area (Å²) >= 11 is 1.78. The van der Waals surface area contributed by atoms with Crippen molar-refractivity contribution in [2.75, 3.05) is 6.54 Å². The molecule has 1 unspecified atom stereocenters. The molecule has 0 aliphatic heterocycles. The number of aromatic nitrogens is 1. The molecule has 0 saturated heterocycles. The molecule has 102 valence electrons. The van der Waals surface area contributed by atoms with E-state index >= 15 is 0 Å².